The Morgan fingerprint density at radius 2 is 0.897 bits per heavy atom. The topological polar surface area (TPSA) is 43.4 Å². The van der Waals surface area contributed by atoms with Crippen LogP contribution < -0.4 is 0 Å². The number of carbonyl (C=O) groups excluding carboxylic acids is 2. The maximum Gasteiger partial charge on any atom is 0.346 e. The van der Waals surface area contributed by atoms with E-state index in [2.05, 4.69) is 0 Å². The smallest absolute Gasteiger partial charge is 0.346 e. The molecule has 2 aromatic rings. The van der Waals surface area contributed by atoms with E-state index >= 15 is 0 Å². The van der Waals surface area contributed by atoms with Gasteiger partial charge in [0.2, 0.25) is 0 Å². The zero-order chi connectivity index (χ0) is 20.1. The van der Waals surface area contributed by atoms with Crippen molar-refractivity contribution in [1.82, 2.24) is 0 Å². The Hall–Kier alpha value is -2.42. The molecule has 2 aromatic carbocycles. The highest BCUT2D eigenvalue weighted by Crippen LogP contribution is 2.33. The number of hydrogen-bond acceptors (Lipinski definition) is 3. The van der Waals surface area contributed by atoms with Gasteiger partial charge in [-0.25, -0.2) is 9.59 Å². The summed E-state index contributed by atoms with van der Waals surface area (Å²) in [4.78, 5) is 24.8. The lowest BCUT2D eigenvalue weighted by Crippen LogP contribution is -2.13. The summed E-state index contributed by atoms with van der Waals surface area (Å²) in [6.45, 7) is 0. The lowest BCUT2D eigenvalue weighted by Gasteiger charge is -2.22. The van der Waals surface area contributed by atoms with Gasteiger partial charge in [0.1, 0.15) is 0 Å². The van der Waals surface area contributed by atoms with Crippen LogP contribution in [0.2, 0.25) is 0 Å². The number of hydrogen-bond donors (Lipinski definition) is 0. The fourth-order valence-corrected chi connectivity index (χ4v) is 4.86. The second-order valence-corrected chi connectivity index (χ2v) is 8.59. The summed E-state index contributed by atoms with van der Waals surface area (Å²) in [6.07, 6.45) is 12.7. The minimum absolute atomic E-state index is 0.428. The minimum atomic E-state index is -0.582. The van der Waals surface area contributed by atoms with Crippen molar-refractivity contribution in [1.29, 1.82) is 0 Å². The first-order valence-corrected chi connectivity index (χ1v) is 11.2. The van der Waals surface area contributed by atoms with Crippen molar-refractivity contribution < 1.29 is 14.3 Å². The van der Waals surface area contributed by atoms with Crippen molar-refractivity contribution in [3.63, 3.8) is 0 Å². The van der Waals surface area contributed by atoms with Crippen LogP contribution in [-0.4, -0.2) is 11.9 Å². The van der Waals surface area contributed by atoms with Crippen LogP contribution in [0.4, 0.5) is 0 Å². The number of rotatable bonds is 4. The van der Waals surface area contributed by atoms with Gasteiger partial charge in [-0.15, -0.1) is 0 Å². The molecule has 0 unspecified atom stereocenters. The Morgan fingerprint density at radius 3 is 1.24 bits per heavy atom. The molecule has 4 rings (SSSR count). The zero-order valence-corrected chi connectivity index (χ0v) is 17.1. The van der Waals surface area contributed by atoms with Crippen LogP contribution in [0, 0.1) is 0 Å². The molecular formula is C26H30O3. The van der Waals surface area contributed by atoms with Gasteiger partial charge < -0.3 is 4.74 Å². The average molecular weight is 391 g/mol. The van der Waals surface area contributed by atoms with Gasteiger partial charge in [-0.1, -0.05) is 62.8 Å². The SMILES string of the molecule is O=C(OC(=O)c1ccc(C2CCCCC2)cc1)c1ccc(C2CCCCC2)cc1. The molecular weight excluding hydrogens is 360 g/mol. The highest BCUT2D eigenvalue weighted by Gasteiger charge is 2.19. The van der Waals surface area contributed by atoms with E-state index in [-0.39, 0.29) is 0 Å². The molecule has 2 fully saturated rings. The van der Waals surface area contributed by atoms with Gasteiger partial charge in [-0.2, -0.15) is 0 Å². The van der Waals surface area contributed by atoms with E-state index in [1.54, 1.807) is 24.3 Å². The molecule has 2 aliphatic rings. The molecule has 0 heterocycles. The highest BCUT2D eigenvalue weighted by atomic mass is 16.6. The lowest BCUT2D eigenvalue weighted by atomic mass is 9.84. The zero-order valence-electron chi connectivity index (χ0n) is 17.1. The van der Waals surface area contributed by atoms with Crippen molar-refractivity contribution >= 4 is 11.9 Å². The van der Waals surface area contributed by atoms with Crippen molar-refractivity contribution in [2.24, 2.45) is 0 Å². The van der Waals surface area contributed by atoms with Crippen LogP contribution in [-0.2, 0) is 4.74 Å². The van der Waals surface area contributed by atoms with Gasteiger partial charge in [-0.3, -0.25) is 0 Å². The minimum Gasteiger partial charge on any atom is -0.386 e. The third-order valence-corrected chi connectivity index (χ3v) is 6.63. The Morgan fingerprint density at radius 1 is 0.552 bits per heavy atom. The van der Waals surface area contributed by atoms with Gasteiger partial charge in [0.25, 0.3) is 0 Å². The summed E-state index contributed by atoms with van der Waals surface area (Å²) >= 11 is 0. The quantitative estimate of drug-likeness (QED) is 0.427. The molecule has 0 saturated heterocycles. The Bertz CT molecular complexity index is 752. The monoisotopic (exact) mass is 390 g/mol. The van der Waals surface area contributed by atoms with E-state index in [9.17, 15) is 9.59 Å². The largest absolute Gasteiger partial charge is 0.386 e. The first kappa shape index (κ1) is 19.9. The molecule has 2 aliphatic carbocycles. The molecule has 3 heteroatoms. The van der Waals surface area contributed by atoms with Crippen LogP contribution in [0.15, 0.2) is 48.5 Å². The van der Waals surface area contributed by atoms with Gasteiger partial charge >= 0.3 is 11.9 Å². The number of esters is 2. The summed E-state index contributed by atoms with van der Waals surface area (Å²) in [5, 5.41) is 0. The highest BCUT2D eigenvalue weighted by molar-refractivity contribution is 6.02. The average Bonchev–Trinajstić information content (AvgIpc) is 2.80. The van der Waals surface area contributed by atoms with Crippen molar-refractivity contribution in [3.05, 3.63) is 70.8 Å². The molecule has 29 heavy (non-hydrogen) atoms. The van der Waals surface area contributed by atoms with Crippen LogP contribution in [0.3, 0.4) is 0 Å². The number of ether oxygens (including phenoxy) is 1. The first-order chi connectivity index (χ1) is 14.2. The van der Waals surface area contributed by atoms with Crippen LogP contribution >= 0.6 is 0 Å². The van der Waals surface area contributed by atoms with Crippen LogP contribution in [0.1, 0.15) is 108 Å². The fraction of sp³-hybridized carbons (Fsp3) is 0.462. The standard InChI is InChI=1S/C26H30O3/c27-25(23-15-11-21(12-16-23)19-7-3-1-4-8-19)29-26(28)24-17-13-22(14-18-24)20-9-5-2-6-10-20/h11-20H,1-10H2. The molecule has 0 atom stereocenters. The predicted octanol–water partition coefficient (Wildman–Crippen LogP) is 6.78. The second kappa shape index (κ2) is 9.39. The van der Waals surface area contributed by atoms with Gasteiger partial charge in [0.15, 0.2) is 0 Å². The molecule has 0 N–H and O–H groups in total. The van der Waals surface area contributed by atoms with E-state index in [0.717, 1.165) is 0 Å². The van der Waals surface area contributed by atoms with Crippen LogP contribution in [0.25, 0.3) is 0 Å². The fourth-order valence-electron chi connectivity index (χ4n) is 4.86. The maximum absolute atomic E-state index is 12.4. The van der Waals surface area contributed by atoms with Crippen molar-refractivity contribution in [3.8, 4) is 0 Å². The summed E-state index contributed by atoms with van der Waals surface area (Å²) in [5.74, 6) is 0.0272. The third-order valence-electron chi connectivity index (χ3n) is 6.63. The van der Waals surface area contributed by atoms with Crippen molar-refractivity contribution in [2.75, 3.05) is 0 Å². The van der Waals surface area contributed by atoms with E-state index in [4.69, 9.17) is 4.74 Å². The summed E-state index contributed by atoms with van der Waals surface area (Å²) in [7, 11) is 0. The number of carbonyl (C=O) groups is 2. The Labute approximate surface area is 173 Å². The van der Waals surface area contributed by atoms with E-state index < -0.39 is 11.9 Å². The first-order valence-electron chi connectivity index (χ1n) is 11.2. The Balaban J connectivity index is 1.35. The van der Waals surface area contributed by atoms with Crippen molar-refractivity contribution in [2.45, 2.75) is 76.0 Å². The van der Waals surface area contributed by atoms with E-state index in [1.807, 2.05) is 24.3 Å². The molecule has 0 amide bonds. The second-order valence-electron chi connectivity index (χ2n) is 8.59. The van der Waals surface area contributed by atoms with Gasteiger partial charge in [0, 0.05) is 0 Å². The third kappa shape index (κ3) is 4.95. The molecule has 3 nitrogen and oxygen atoms in total. The molecule has 0 bridgehead atoms. The van der Waals surface area contributed by atoms with Gasteiger partial charge in [0.05, 0.1) is 11.1 Å². The number of benzene rings is 2. The maximum atomic E-state index is 12.4. The van der Waals surface area contributed by atoms with E-state index in [0.29, 0.717) is 23.0 Å². The molecule has 0 aromatic heterocycles. The van der Waals surface area contributed by atoms with Gasteiger partial charge in [-0.05, 0) is 72.9 Å². The predicted molar refractivity (Wildman–Crippen MR) is 114 cm³/mol. The summed E-state index contributed by atoms with van der Waals surface area (Å²) in [6, 6.07) is 15.2. The normalized spacial score (nSPS) is 18.3. The molecule has 0 spiro atoms. The molecule has 2 saturated carbocycles. The molecule has 0 radical (unpaired) electrons. The molecule has 152 valence electrons. The summed E-state index contributed by atoms with van der Waals surface area (Å²) < 4.78 is 5.12. The van der Waals surface area contributed by atoms with Crippen LogP contribution in [0.5, 0.6) is 0 Å². The summed E-state index contributed by atoms with van der Waals surface area (Å²) in [5.41, 5.74) is 3.42. The van der Waals surface area contributed by atoms with E-state index in [1.165, 1.54) is 75.3 Å². The molecule has 0 aliphatic heterocycles. The lowest BCUT2D eigenvalue weighted by molar-refractivity contribution is 0.0397. The Kier molecular flexibility index (Phi) is 6.43.